The standard InChI is InChI=1S/C11H11Br/c1-2-8-6-7-11(12)10-5-3-4-9(8)10/h3-4,6-7H,2,5H2,1H3. The third kappa shape index (κ3) is 1.13. The van der Waals surface area contributed by atoms with Crippen LogP contribution in [0.3, 0.4) is 0 Å². The van der Waals surface area contributed by atoms with Crippen molar-refractivity contribution in [3.63, 3.8) is 0 Å². The highest BCUT2D eigenvalue weighted by Crippen LogP contribution is 2.30. The molecule has 1 aromatic carbocycles. The zero-order chi connectivity index (χ0) is 8.55. The molecule has 0 aromatic heterocycles. The summed E-state index contributed by atoms with van der Waals surface area (Å²) in [4.78, 5) is 0. The molecule has 0 bridgehead atoms. The van der Waals surface area contributed by atoms with E-state index in [4.69, 9.17) is 0 Å². The van der Waals surface area contributed by atoms with Gasteiger partial charge < -0.3 is 0 Å². The maximum Gasteiger partial charge on any atom is 0.0216 e. The van der Waals surface area contributed by atoms with Crippen LogP contribution in [0.4, 0.5) is 0 Å². The number of halogens is 1. The number of benzene rings is 1. The van der Waals surface area contributed by atoms with Crippen LogP contribution >= 0.6 is 15.9 Å². The van der Waals surface area contributed by atoms with Crippen LogP contribution in [-0.4, -0.2) is 0 Å². The second-order valence-electron chi connectivity index (χ2n) is 3.06. The normalized spacial score (nSPS) is 13.5. The van der Waals surface area contributed by atoms with Crippen molar-refractivity contribution in [2.75, 3.05) is 0 Å². The van der Waals surface area contributed by atoms with E-state index in [9.17, 15) is 0 Å². The zero-order valence-electron chi connectivity index (χ0n) is 7.10. The quantitative estimate of drug-likeness (QED) is 0.682. The average Bonchev–Trinajstić information content (AvgIpc) is 2.54. The molecule has 0 heterocycles. The fraction of sp³-hybridized carbons (Fsp3) is 0.273. The molecular formula is C11H11Br. The lowest BCUT2D eigenvalue weighted by molar-refractivity contribution is 1.12. The van der Waals surface area contributed by atoms with Crippen LogP contribution in [0.2, 0.25) is 0 Å². The third-order valence-electron chi connectivity index (χ3n) is 2.38. The lowest BCUT2D eigenvalue weighted by atomic mass is 10.0. The molecule has 0 saturated carbocycles. The number of aryl methyl sites for hydroxylation is 1. The molecular weight excluding hydrogens is 212 g/mol. The molecule has 1 aliphatic rings. The minimum Gasteiger partial charge on any atom is -0.0795 e. The minimum absolute atomic E-state index is 1.09. The summed E-state index contributed by atoms with van der Waals surface area (Å²) in [5.41, 5.74) is 4.35. The van der Waals surface area contributed by atoms with Gasteiger partial charge in [-0.2, -0.15) is 0 Å². The molecule has 0 atom stereocenters. The van der Waals surface area contributed by atoms with Crippen LogP contribution in [0.5, 0.6) is 0 Å². The zero-order valence-corrected chi connectivity index (χ0v) is 8.69. The lowest BCUT2D eigenvalue weighted by Gasteiger charge is -2.06. The van der Waals surface area contributed by atoms with E-state index in [1.54, 1.807) is 0 Å². The fourth-order valence-electron chi connectivity index (χ4n) is 1.70. The minimum atomic E-state index is 1.09. The van der Waals surface area contributed by atoms with Gasteiger partial charge in [-0.3, -0.25) is 0 Å². The molecule has 0 amide bonds. The molecule has 0 spiro atoms. The smallest absolute Gasteiger partial charge is 0.0216 e. The van der Waals surface area contributed by atoms with Gasteiger partial charge in [0.25, 0.3) is 0 Å². The van der Waals surface area contributed by atoms with Crippen molar-refractivity contribution in [2.45, 2.75) is 19.8 Å². The highest BCUT2D eigenvalue weighted by molar-refractivity contribution is 9.10. The third-order valence-corrected chi connectivity index (χ3v) is 3.12. The molecule has 0 saturated heterocycles. The van der Waals surface area contributed by atoms with Crippen molar-refractivity contribution in [1.29, 1.82) is 0 Å². The Hall–Kier alpha value is -0.560. The molecule has 62 valence electrons. The first-order chi connectivity index (χ1) is 5.83. The molecule has 12 heavy (non-hydrogen) atoms. The van der Waals surface area contributed by atoms with E-state index >= 15 is 0 Å². The topological polar surface area (TPSA) is 0 Å². The predicted octanol–water partition coefficient (Wildman–Crippen LogP) is 3.58. The number of hydrogen-bond donors (Lipinski definition) is 0. The Morgan fingerprint density at radius 3 is 3.00 bits per heavy atom. The second-order valence-corrected chi connectivity index (χ2v) is 3.91. The van der Waals surface area contributed by atoms with Crippen LogP contribution in [-0.2, 0) is 12.8 Å². The van der Waals surface area contributed by atoms with Gasteiger partial charge in [0.15, 0.2) is 0 Å². The van der Waals surface area contributed by atoms with E-state index in [1.807, 2.05) is 0 Å². The largest absolute Gasteiger partial charge is 0.0795 e. The summed E-state index contributed by atoms with van der Waals surface area (Å²) in [7, 11) is 0. The Kier molecular flexibility index (Phi) is 2.05. The molecule has 0 unspecified atom stereocenters. The van der Waals surface area contributed by atoms with Gasteiger partial charge >= 0.3 is 0 Å². The SMILES string of the molecule is CCc1ccc(Br)c2c1C=CC2. The van der Waals surface area contributed by atoms with Gasteiger partial charge in [-0.15, -0.1) is 0 Å². The number of fused-ring (bicyclic) bond motifs is 1. The molecule has 1 heteroatoms. The fourth-order valence-corrected chi connectivity index (χ4v) is 2.21. The van der Waals surface area contributed by atoms with Gasteiger partial charge in [0, 0.05) is 4.47 Å². The highest BCUT2D eigenvalue weighted by atomic mass is 79.9. The average molecular weight is 223 g/mol. The maximum atomic E-state index is 3.57. The first-order valence-corrected chi connectivity index (χ1v) is 5.09. The van der Waals surface area contributed by atoms with Crippen molar-refractivity contribution in [3.05, 3.63) is 39.4 Å². The summed E-state index contributed by atoms with van der Waals surface area (Å²) in [5.74, 6) is 0. The Morgan fingerprint density at radius 2 is 2.25 bits per heavy atom. The Balaban J connectivity index is 2.62. The van der Waals surface area contributed by atoms with E-state index < -0.39 is 0 Å². The number of allylic oxidation sites excluding steroid dienone is 1. The van der Waals surface area contributed by atoms with Gasteiger partial charge in [-0.1, -0.05) is 41.1 Å². The molecule has 2 rings (SSSR count). The van der Waals surface area contributed by atoms with Crippen molar-refractivity contribution in [2.24, 2.45) is 0 Å². The van der Waals surface area contributed by atoms with E-state index in [2.05, 4.69) is 47.1 Å². The van der Waals surface area contributed by atoms with Crippen molar-refractivity contribution < 1.29 is 0 Å². The van der Waals surface area contributed by atoms with Crippen LogP contribution < -0.4 is 0 Å². The monoisotopic (exact) mass is 222 g/mol. The van der Waals surface area contributed by atoms with Crippen LogP contribution in [0.15, 0.2) is 22.7 Å². The molecule has 0 radical (unpaired) electrons. The highest BCUT2D eigenvalue weighted by Gasteiger charge is 2.11. The molecule has 0 aliphatic heterocycles. The summed E-state index contributed by atoms with van der Waals surface area (Å²) >= 11 is 3.57. The van der Waals surface area contributed by atoms with E-state index in [0.717, 1.165) is 12.8 Å². The number of rotatable bonds is 1. The summed E-state index contributed by atoms with van der Waals surface area (Å²) in [6, 6.07) is 4.36. The van der Waals surface area contributed by atoms with Crippen LogP contribution in [0, 0.1) is 0 Å². The molecule has 1 aromatic rings. The van der Waals surface area contributed by atoms with Crippen molar-refractivity contribution in [1.82, 2.24) is 0 Å². The summed E-state index contributed by atoms with van der Waals surface area (Å²) in [6.45, 7) is 2.20. The Bertz CT molecular complexity index is 337. The van der Waals surface area contributed by atoms with Crippen molar-refractivity contribution >= 4 is 22.0 Å². The summed E-state index contributed by atoms with van der Waals surface area (Å²) in [6.07, 6.45) is 6.68. The van der Waals surface area contributed by atoms with Gasteiger partial charge in [0.1, 0.15) is 0 Å². The molecule has 0 nitrogen and oxygen atoms in total. The van der Waals surface area contributed by atoms with Crippen LogP contribution in [0.1, 0.15) is 23.6 Å². The molecule has 0 fully saturated rings. The maximum absolute atomic E-state index is 3.57. The predicted molar refractivity (Wildman–Crippen MR) is 56.3 cm³/mol. The second kappa shape index (κ2) is 3.06. The van der Waals surface area contributed by atoms with Gasteiger partial charge in [-0.05, 0) is 35.6 Å². The van der Waals surface area contributed by atoms with Gasteiger partial charge in [-0.25, -0.2) is 0 Å². The van der Waals surface area contributed by atoms with E-state index in [0.29, 0.717) is 0 Å². The molecule has 1 aliphatic carbocycles. The Labute approximate surface area is 81.4 Å². The van der Waals surface area contributed by atoms with Gasteiger partial charge in [0.2, 0.25) is 0 Å². The Morgan fingerprint density at radius 1 is 1.42 bits per heavy atom. The first-order valence-electron chi connectivity index (χ1n) is 4.29. The molecule has 0 N–H and O–H groups in total. The van der Waals surface area contributed by atoms with Gasteiger partial charge in [0.05, 0.1) is 0 Å². The summed E-state index contributed by atoms with van der Waals surface area (Å²) < 4.78 is 1.25. The van der Waals surface area contributed by atoms with E-state index in [1.165, 1.54) is 21.2 Å². The lowest BCUT2D eigenvalue weighted by Crippen LogP contribution is -1.90. The van der Waals surface area contributed by atoms with Crippen LogP contribution in [0.25, 0.3) is 6.08 Å². The number of hydrogen-bond acceptors (Lipinski definition) is 0. The van der Waals surface area contributed by atoms with Crippen molar-refractivity contribution in [3.8, 4) is 0 Å². The first kappa shape index (κ1) is 8.06. The van der Waals surface area contributed by atoms with E-state index in [-0.39, 0.29) is 0 Å². The summed E-state index contributed by atoms with van der Waals surface area (Å²) in [5, 5.41) is 0.